The third-order valence-electron chi connectivity index (χ3n) is 4.33. The number of pyridine rings is 1. The maximum absolute atomic E-state index is 6.25. The third-order valence-corrected chi connectivity index (χ3v) is 4.59. The Morgan fingerprint density at radius 1 is 1.33 bits per heavy atom. The number of hydrogen-bond donors (Lipinski definition) is 0. The number of alkyl halides is 1. The van der Waals surface area contributed by atoms with Gasteiger partial charge in [-0.1, -0.05) is 32.8 Å². The number of fused-ring (bicyclic) bond motifs is 1. The predicted octanol–water partition coefficient (Wildman–Crippen LogP) is 4.48. The summed E-state index contributed by atoms with van der Waals surface area (Å²) in [7, 11) is 0. The second kappa shape index (κ2) is 6.27. The van der Waals surface area contributed by atoms with Crippen LogP contribution in [0.15, 0.2) is 24.4 Å². The fraction of sp³-hybridized carbons (Fsp3) is 0.588. The minimum Gasteiger partial charge on any atom is -0.352 e. The Bertz CT molecular complexity index is 599. The predicted molar refractivity (Wildman–Crippen MR) is 89.2 cm³/mol. The van der Waals surface area contributed by atoms with Crippen LogP contribution in [0.5, 0.6) is 0 Å². The van der Waals surface area contributed by atoms with E-state index in [1.165, 1.54) is 25.7 Å². The van der Waals surface area contributed by atoms with Crippen molar-refractivity contribution in [1.29, 1.82) is 0 Å². The summed E-state index contributed by atoms with van der Waals surface area (Å²) >= 11 is 6.25. The van der Waals surface area contributed by atoms with Crippen molar-refractivity contribution in [3.05, 3.63) is 30.1 Å². The van der Waals surface area contributed by atoms with Gasteiger partial charge in [-0.05, 0) is 30.9 Å². The Hall–Kier alpha value is -1.22. The molecule has 0 saturated heterocycles. The molecule has 0 aliphatic heterocycles. The second-order valence-electron chi connectivity index (χ2n) is 6.43. The van der Waals surface area contributed by atoms with Gasteiger partial charge in [0.1, 0.15) is 5.65 Å². The van der Waals surface area contributed by atoms with E-state index in [0.29, 0.717) is 17.8 Å². The minimum atomic E-state index is 0.502. The van der Waals surface area contributed by atoms with E-state index in [1.807, 2.05) is 12.1 Å². The van der Waals surface area contributed by atoms with E-state index in [-0.39, 0.29) is 0 Å². The van der Waals surface area contributed by atoms with Crippen LogP contribution in [-0.4, -0.2) is 22.0 Å². The summed E-state index contributed by atoms with van der Waals surface area (Å²) in [6.45, 7) is 5.61. The molecule has 114 valence electrons. The third kappa shape index (κ3) is 2.89. The lowest BCUT2D eigenvalue weighted by atomic mass is 10.1. The summed E-state index contributed by atoms with van der Waals surface area (Å²) in [5.74, 6) is 2.22. The lowest BCUT2D eigenvalue weighted by Gasteiger charge is -2.31. The number of rotatable bonds is 5. The van der Waals surface area contributed by atoms with Crippen molar-refractivity contribution in [3.63, 3.8) is 0 Å². The standard InChI is InChI=1S/C17H24ClN3/c1-13(2)12-21(14-7-3-4-8-14)17-15(11-18)20-10-6-5-9-16(20)19-17/h5-6,9-10,13-14H,3-4,7-8,11-12H2,1-2H3. The molecule has 0 spiro atoms. The molecule has 1 aliphatic rings. The van der Waals surface area contributed by atoms with E-state index in [9.17, 15) is 0 Å². The fourth-order valence-electron chi connectivity index (χ4n) is 3.41. The SMILES string of the molecule is CC(C)CN(c1nc2ccccn2c1CCl)C1CCCC1. The van der Waals surface area contributed by atoms with Crippen LogP contribution in [0.25, 0.3) is 5.65 Å². The molecule has 4 heteroatoms. The van der Waals surface area contributed by atoms with Crippen LogP contribution in [0, 0.1) is 5.92 Å². The molecule has 0 atom stereocenters. The van der Waals surface area contributed by atoms with Gasteiger partial charge in [-0.2, -0.15) is 0 Å². The molecule has 1 aliphatic carbocycles. The number of hydrogen-bond acceptors (Lipinski definition) is 2. The van der Waals surface area contributed by atoms with Gasteiger partial charge in [0.25, 0.3) is 0 Å². The van der Waals surface area contributed by atoms with Crippen LogP contribution in [0.2, 0.25) is 0 Å². The van der Waals surface area contributed by atoms with Gasteiger partial charge in [-0.25, -0.2) is 4.98 Å². The monoisotopic (exact) mass is 305 g/mol. The summed E-state index contributed by atoms with van der Waals surface area (Å²) in [6, 6.07) is 6.75. The van der Waals surface area contributed by atoms with E-state index in [0.717, 1.165) is 23.7 Å². The zero-order chi connectivity index (χ0) is 14.8. The maximum atomic E-state index is 6.25. The molecule has 21 heavy (non-hydrogen) atoms. The summed E-state index contributed by atoms with van der Waals surface area (Å²) in [5, 5.41) is 0. The van der Waals surface area contributed by atoms with Crippen LogP contribution >= 0.6 is 11.6 Å². The Balaban J connectivity index is 2.05. The molecule has 2 aromatic rings. The topological polar surface area (TPSA) is 20.5 Å². The molecule has 3 rings (SSSR count). The van der Waals surface area contributed by atoms with Gasteiger partial charge in [0.05, 0.1) is 11.6 Å². The highest BCUT2D eigenvalue weighted by Gasteiger charge is 2.27. The Morgan fingerprint density at radius 2 is 2.10 bits per heavy atom. The van der Waals surface area contributed by atoms with Crippen molar-refractivity contribution in [2.24, 2.45) is 5.92 Å². The normalized spacial score (nSPS) is 16.2. The van der Waals surface area contributed by atoms with E-state index in [1.54, 1.807) is 0 Å². The Morgan fingerprint density at radius 3 is 2.76 bits per heavy atom. The number of halogens is 1. The first kappa shape index (κ1) is 14.7. The molecule has 2 heterocycles. The van der Waals surface area contributed by atoms with E-state index >= 15 is 0 Å². The van der Waals surface area contributed by atoms with Crippen LogP contribution in [0.3, 0.4) is 0 Å². The summed E-state index contributed by atoms with van der Waals surface area (Å²) in [4.78, 5) is 7.40. The van der Waals surface area contributed by atoms with E-state index in [4.69, 9.17) is 16.6 Å². The van der Waals surface area contributed by atoms with Gasteiger partial charge in [0.2, 0.25) is 0 Å². The highest BCUT2D eigenvalue weighted by molar-refractivity contribution is 6.17. The lowest BCUT2D eigenvalue weighted by molar-refractivity contribution is 0.531. The van der Waals surface area contributed by atoms with Crippen molar-refractivity contribution < 1.29 is 0 Å². The Labute approximate surface area is 131 Å². The van der Waals surface area contributed by atoms with Gasteiger partial charge in [0.15, 0.2) is 5.82 Å². The highest BCUT2D eigenvalue weighted by atomic mass is 35.5. The molecule has 0 unspecified atom stereocenters. The molecular weight excluding hydrogens is 282 g/mol. The van der Waals surface area contributed by atoms with E-state index in [2.05, 4.69) is 35.4 Å². The number of anilines is 1. The minimum absolute atomic E-state index is 0.502. The van der Waals surface area contributed by atoms with Crippen molar-refractivity contribution in [2.75, 3.05) is 11.4 Å². The zero-order valence-corrected chi connectivity index (χ0v) is 13.7. The van der Waals surface area contributed by atoms with Crippen molar-refractivity contribution in [1.82, 2.24) is 9.38 Å². The molecule has 0 N–H and O–H groups in total. The molecule has 0 radical (unpaired) electrons. The first-order valence-corrected chi connectivity index (χ1v) is 8.52. The summed E-state index contributed by atoms with van der Waals surface area (Å²) in [5.41, 5.74) is 2.12. The van der Waals surface area contributed by atoms with Gasteiger partial charge in [0, 0.05) is 18.8 Å². The van der Waals surface area contributed by atoms with Crippen molar-refractivity contribution >= 4 is 23.1 Å². The van der Waals surface area contributed by atoms with Gasteiger partial charge < -0.3 is 9.30 Å². The maximum Gasteiger partial charge on any atom is 0.152 e. The summed E-state index contributed by atoms with van der Waals surface area (Å²) in [6.07, 6.45) is 7.29. The molecule has 1 fully saturated rings. The zero-order valence-electron chi connectivity index (χ0n) is 12.9. The van der Waals surface area contributed by atoms with E-state index < -0.39 is 0 Å². The van der Waals surface area contributed by atoms with Crippen LogP contribution in [0.4, 0.5) is 5.82 Å². The fourth-order valence-corrected chi connectivity index (χ4v) is 3.65. The van der Waals surface area contributed by atoms with Crippen LogP contribution < -0.4 is 4.90 Å². The van der Waals surface area contributed by atoms with Gasteiger partial charge in [-0.3, -0.25) is 0 Å². The quantitative estimate of drug-likeness (QED) is 0.759. The molecule has 1 saturated carbocycles. The first-order chi connectivity index (χ1) is 10.2. The van der Waals surface area contributed by atoms with Crippen LogP contribution in [0.1, 0.15) is 45.2 Å². The first-order valence-electron chi connectivity index (χ1n) is 7.99. The Kier molecular flexibility index (Phi) is 4.39. The molecule has 0 amide bonds. The number of aromatic nitrogens is 2. The molecule has 0 aromatic carbocycles. The average molecular weight is 306 g/mol. The molecular formula is C17H24ClN3. The highest BCUT2D eigenvalue weighted by Crippen LogP contribution is 2.32. The largest absolute Gasteiger partial charge is 0.352 e. The molecule has 2 aromatic heterocycles. The average Bonchev–Trinajstić information content (AvgIpc) is 3.11. The van der Waals surface area contributed by atoms with Crippen molar-refractivity contribution in [3.8, 4) is 0 Å². The van der Waals surface area contributed by atoms with Gasteiger partial charge in [-0.15, -0.1) is 11.6 Å². The smallest absolute Gasteiger partial charge is 0.152 e. The summed E-state index contributed by atoms with van der Waals surface area (Å²) < 4.78 is 2.13. The van der Waals surface area contributed by atoms with Crippen LogP contribution in [-0.2, 0) is 5.88 Å². The van der Waals surface area contributed by atoms with Crippen molar-refractivity contribution in [2.45, 2.75) is 51.5 Å². The number of nitrogens with zero attached hydrogens (tertiary/aromatic N) is 3. The van der Waals surface area contributed by atoms with Gasteiger partial charge >= 0.3 is 0 Å². The number of imidazole rings is 1. The second-order valence-corrected chi connectivity index (χ2v) is 6.70. The molecule has 0 bridgehead atoms. The lowest BCUT2D eigenvalue weighted by Crippen LogP contribution is -2.37. The molecule has 3 nitrogen and oxygen atoms in total.